The molecule has 0 spiro atoms. The Hall–Kier alpha value is -3.50. The summed E-state index contributed by atoms with van der Waals surface area (Å²) in [5.41, 5.74) is 0.0899. The predicted octanol–water partition coefficient (Wildman–Crippen LogP) is 4.37. The molecule has 0 radical (unpaired) electrons. The number of ether oxygens (including phenoxy) is 3. The van der Waals surface area contributed by atoms with Crippen LogP contribution in [0.3, 0.4) is 0 Å². The topological polar surface area (TPSA) is 98.5 Å². The van der Waals surface area contributed by atoms with Gasteiger partial charge in [-0.2, -0.15) is 4.31 Å². The van der Waals surface area contributed by atoms with E-state index in [4.69, 9.17) is 18.6 Å². The van der Waals surface area contributed by atoms with Gasteiger partial charge in [0.15, 0.2) is 11.5 Å². The molecule has 206 valence electrons. The summed E-state index contributed by atoms with van der Waals surface area (Å²) < 4.78 is 49.9. The number of furan rings is 1. The van der Waals surface area contributed by atoms with Gasteiger partial charge >= 0.3 is 0 Å². The van der Waals surface area contributed by atoms with Crippen LogP contribution >= 0.6 is 0 Å². The molecule has 0 atom stereocenters. The van der Waals surface area contributed by atoms with Gasteiger partial charge in [0.2, 0.25) is 15.9 Å². The zero-order chi connectivity index (χ0) is 27.9. The minimum absolute atomic E-state index is 0.0870. The Labute approximate surface area is 225 Å². The fraction of sp³-hybridized carbons (Fsp3) is 0.393. The Kier molecular flexibility index (Phi) is 9.45. The van der Waals surface area contributed by atoms with Gasteiger partial charge in [0, 0.05) is 12.1 Å². The Morgan fingerprint density at radius 3 is 2.16 bits per heavy atom. The van der Waals surface area contributed by atoms with Gasteiger partial charge in [0.05, 0.1) is 45.6 Å². The molecule has 3 aromatic rings. The van der Waals surface area contributed by atoms with Crippen molar-refractivity contribution in [1.82, 2.24) is 9.21 Å². The van der Waals surface area contributed by atoms with E-state index in [9.17, 15) is 13.2 Å². The van der Waals surface area contributed by atoms with Crippen molar-refractivity contribution in [2.75, 3.05) is 34.4 Å². The number of hydrogen-bond donors (Lipinski definition) is 0. The second-order valence-electron chi connectivity index (χ2n) is 9.69. The Morgan fingerprint density at radius 2 is 1.61 bits per heavy atom. The Bertz CT molecular complexity index is 1300. The summed E-state index contributed by atoms with van der Waals surface area (Å²) >= 11 is 0. The minimum Gasteiger partial charge on any atom is -0.497 e. The van der Waals surface area contributed by atoms with E-state index in [1.807, 2.05) is 18.2 Å². The standard InChI is InChI=1S/C28H36N2O7S/c1-28(2,3)30(38(32,33)24-12-10-22(34-4)11-13-24)20-27(31)29(19-23-8-7-17-37-23)16-15-21-9-14-25(35-5)26(18-21)36-6/h7-14,17-18H,15-16,19-20H2,1-6H3. The molecule has 0 saturated carbocycles. The van der Waals surface area contributed by atoms with Crippen LogP contribution in [0.5, 0.6) is 17.2 Å². The van der Waals surface area contributed by atoms with Gasteiger partial charge in [-0.05, 0) is 81.3 Å². The second kappa shape index (κ2) is 12.4. The van der Waals surface area contributed by atoms with Crippen molar-refractivity contribution in [3.63, 3.8) is 0 Å². The summed E-state index contributed by atoms with van der Waals surface area (Å²) in [5.74, 6) is 2.02. The lowest BCUT2D eigenvalue weighted by molar-refractivity contribution is -0.133. The molecule has 9 nitrogen and oxygen atoms in total. The number of nitrogens with zero attached hydrogens (tertiary/aromatic N) is 2. The van der Waals surface area contributed by atoms with Gasteiger partial charge in [0.1, 0.15) is 11.5 Å². The molecular weight excluding hydrogens is 508 g/mol. The SMILES string of the molecule is COc1ccc(S(=O)(=O)N(CC(=O)N(CCc2ccc(OC)c(OC)c2)Cc2ccco2)C(C)(C)C)cc1. The van der Waals surface area contributed by atoms with Crippen molar-refractivity contribution < 1.29 is 31.8 Å². The molecule has 0 saturated heterocycles. The van der Waals surface area contributed by atoms with Crippen LogP contribution in [0.15, 0.2) is 70.2 Å². The van der Waals surface area contributed by atoms with Crippen LogP contribution in [-0.4, -0.2) is 63.5 Å². The van der Waals surface area contributed by atoms with E-state index >= 15 is 0 Å². The van der Waals surface area contributed by atoms with Crippen LogP contribution in [0, 0.1) is 0 Å². The van der Waals surface area contributed by atoms with E-state index in [1.54, 1.807) is 70.4 Å². The normalized spacial score (nSPS) is 11.9. The van der Waals surface area contributed by atoms with E-state index in [-0.39, 0.29) is 23.9 Å². The zero-order valence-corrected chi connectivity index (χ0v) is 23.6. The second-order valence-corrected chi connectivity index (χ2v) is 11.6. The quantitative estimate of drug-likeness (QED) is 0.334. The number of hydrogen-bond acceptors (Lipinski definition) is 7. The maximum absolute atomic E-state index is 13.7. The highest BCUT2D eigenvalue weighted by Crippen LogP contribution is 2.29. The first kappa shape index (κ1) is 29.1. The Balaban J connectivity index is 1.86. The molecule has 2 aromatic carbocycles. The highest BCUT2D eigenvalue weighted by molar-refractivity contribution is 7.89. The van der Waals surface area contributed by atoms with Crippen molar-refractivity contribution in [3.05, 3.63) is 72.2 Å². The van der Waals surface area contributed by atoms with Crippen LogP contribution in [0.4, 0.5) is 0 Å². The first-order valence-corrected chi connectivity index (χ1v) is 13.6. The lowest BCUT2D eigenvalue weighted by Gasteiger charge is -2.35. The molecule has 1 heterocycles. The summed E-state index contributed by atoms with van der Waals surface area (Å²) in [7, 11) is 0.671. The first-order chi connectivity index (χ1) is 18.0. The largest absolute Gasteiger partial charge is 0.497 e. The van der Waals surface area contributed by atoms with Crippen molar-refractivity contribution in [2.45, 2.75) is 44.2 Å². The molecule has 0 unspecified atom stereocenters. The van der Waals surface area contributed by atoms with E-state index in [1.165, 1.54) is 23.5 Å². The molecule has 0 aliphatic heterocycles. The van der Waals surface area contributed by atoms with Crippen LogP contribution in [0.1, 0.15) is 32.1 Å². The molecule has 38 heavy (non-hydrogen) atoms. The highest BCUT2D eigenvalue weighted by atomic mass is 32.2. The zero-order valence-electron chi connectivity index (χ0n) is 22.8. The molecule has 0 N–H and O–H groups in total. The minimum atomic E-state index is -3.98. The summed E-state index contributed by atoms with van der Waals surface area (Å²) in [4.78, 5) is 15.4. The summed E-state index contributed by atoms with van der Waals surface area (Å²) in [5, 5.41) is 0. The molecule has 1 amide bonds. The fourth-order valence-corrected chi connectivity index (χ4v) is 5.70. The van der Waals surface area contributed by atoms with E-state index in [0.29, 0.717) is 36.0 Å². The van der Waals surface area contributed by atoms with Gasteiger partial charge in [0.25, 0.3) is 0 Å². The maximum Gasteiger partial charge on any atom is 0.244 e. The van der Waals surface area contributed by atoms with Gasteiger partial charge in [-0.25, -0.2) is 8.42 Å². The third-order valence-corrected chi connectivity index (χ3v) is 8.20. The van der Waals surface area contributed by atoms with Gasteiger partial charge < -0.3 is 23.5 Å². The maximum atomic E-state index is 13.7. The van der Waals surface area contributed by atoms with Crippen molar-refractivity contribution in [2.24, 2.45) is 0 Å². The highest BCUT2D eigenvalue weighted by Gasteiger charge is 2.36. The van der Waals surface area contributed by atoms with Crippen molar-refractivity contribution in [1.29, 1.82) is 0 Å². The molecule has 0 aliphatic rings. The molecule has 10 heteroatoms. The summed E-state index contributed by atoms with van der Waals surface area (Å²) in [6.45, 7) is 5.52. The van der Waals surface area contributed by atoms with Crippen molar-refractivity contribution >= 4 is 15.9 Å². The van der Waals surface area contributed by atoms with Crippen LogP contribution < -0.4 is 14.2 Å². The monoisotopic (exact) mass is 544 g/mol. The smallest absolute Gasteiger partial charge is 0.244 e. The predicted molar refractivity (Wildman–Crippen MR) is 144 cm³/mol. The molecule has 0 fully saturated rings. The van der Waals surface area contributed by atoms with Gasteiger partial charge in [-0.15, -0.1) is 0 Å². The average Bonchev–Trinajstić information content (AvgIpc) is 3.41. The van der Waals surface area contributed by atoms with Crippen LogP contribution in [-0.2, 0) is 27.8 Å². The van der Waals surface area contributed by atoms with E-state index < -0.39 is 15.6 Å². The van der Waals surface area contributed by atoms with Gasteiger partial charge in [-0.1, -0.05) is 6.07 Å². The number of carbonyl (C=O) groups is 1. The molecule has 3 rings (SSSR count). The van der Waals surface area contributed by atoms with Crippen LogP contribution in [0.2, 0.25) is 0 Å². The number of carbonyl (C=O) groups excluding carboxylic acids is 1. The fourth-order valence-electron chi connectivity index (χ4n) is 3.96. The number of sulfonamides is 1. The molecular formula is C28H36N2O7S. The van der Waals surface area contributed by atoms with Crippen molar-refractivity contribution in [3.8, 4) is 17.2 Å². The number of amides is 1. The van der Waals surface area contributed by atoms with E-state index in [0.717, 1.165) is 5.56 Å². The Morgan fingerprint density at radius 1 is 0.921 bits per heavy atom. The third-order valence-electron chi connectivity index (χ3n) is 6.07. The molecule has 1 aromatic heterocycles. The third kappa shape index (κ3) is 7.08. The molecule has 0 aliphatic carbocycles. The van der Waals surface area contributed by atoms with Gasteiger partial charge in [-0.3, -0.25) is 4.79 Å². The van der Waals surface area contributed by atoms with Crippen LogP contribution in [0.25, 0.3) is 0 Å². The summed E-state index contributed by atoms with van der Waals surface area (Å²) in [6.07, 6.45) is 2.06. The average molecular weight is 545 g/mol. The lowest BCUT2D eigenvalue weighted by atomic mass is 10.1. The first-order valence-electron chi connectivity index (χ1n) is 12.2. The van der Waals surface area contributed by atoms with E-state index in [2.05, 4.69) is 0 Å². The molecule has 0 bridgehead atoms. The number of methoxy groups -OCH3 is 3. The number of benzene rings is 2. The lowest BCUT2D eigenvalue weighted by Crippen LogP contribution is -2.51. The number of rotatable bonds is 12. The summed E-state index contributed by atoms with van der Waals surface area (Å²) in [6, 6.07) is 15.3.